The SMILES string of the molecule is Cc1ccc(NC(=O)CCCOc2cccc(C)c2C)c(C)c1. The Morgan fingerprint density at radius 1 is 1.04 bits per heavy atom. The Kier molecular flexibility index (Phi) is 5.80. The van der Waals surface area contributed by atoms with Gasteiger partial charge in [0.15, 0.2) is 0 Å². The first-order valence-corrected chi connectivity index (χ1v) is 8.03. The van der Waals surface area contributed by atoms with Crippen molar-refractivity contribution >= 4 is 11.6 Å². The molecule has 0 bridgehead atoms. The summed E-state index contributed by atoms with van der Waals surface area (Å²) in [5, 5.41) is 2.96. The van der Waals surface area contributed by atoms with Crippen LogP contribution in [-0.2, 0) is 4.79 Å². The molecule has 0 heterocycles. The molecule has 1 N–H and O–H groups in total. The van der Waals surface area contributed by atoms with Crippen LogP contribution >= 0.6 is 0 Å². The molecule has 0 saturated carbocycles. The van der Waals surface area contributed by atoms with E-state index < -0.39 is 0 Å². The second kappa shape index (κ2) is 7.82. The molecule has 2 rings (SSSR count). The van der Waals surface area contributed by atoms with Crippen molar-refractivity contribution in [2.75, 3.05) is 11.9 Å². The molecule has 0 radical (unpaired) electrons. The largest absolute Gasteiger partial charge is 0.493 e. The molecule has 0 unspecified atom stereocenters. The minimum atomic E-state index is 0.0292. The van der Waals surface area contributed by atoms with E-state index in [2.05, 4.69) is 31.3 Å². The van der Waals surface area contributed by atoms with Gasteiger partial charge in [-0.2, -0.15) is 0 Å². The van der Waals surface area contributed by atoms with Crippen LogP contribution in [-0.4, -0.2) is 12.5 Å². The van der Waals surface area contributed by atoms with E-state index in [4.69, 9.17) is 4.74 Å². The second-order valence-corrected chi connectivity index (χ2v) is 6.02. The summed E-state index contributed by atoms with van der Waals surface area (Å²) < 4.78 is 5.78. The van der Waals surface area contributed by atoms with Gasteiger partial charge in [-0.05, 0) is 62.9 Å². The fourth-order valence-corrected chi connectivity index (χ4v) is 2.46. The molecular formula is C20H25NO2. The second-order valence-electron chi connectivity index (χ2n) is 6.02. The molecule has 0 aliphatic rings. The fraction of sp³-hybridized carbons (Fsp3) is 0.350. The van der Waals surface area contributed by atoms with E-state index in [0.717, 1.165) is 22.6 Å². The molecule has 3 heteroatoms. The van der Waals surface area contributed by atoms with Gasteiger partial charge < -0.3 is 10.1 Å². The maximum atomic E-state index is 12.0. The van der Waals surface area contributed by atoms with Gasteiger partial charge in [0, 0.05) is 12.1 Å². The summed E-state index contributed by atoms with van der Waals surface area (Å²) in [7, 11) is 0. The highest BCUT2D eigenvalue weighted by Crippen LogP contribution is 2.21. The first-order chi connectivity index (χ1) is 11.0. The molecule has 0 fully saturated rings. The number of amides is 1. The number of aryl methyl sites for hydroxylation is 3. The smallest absolute Gasteiger partial charge is 0.224 e. The molecule has 0 aliphatic carbocycles. The lowest BCUT2D eigenvalue weighted by Gasteiger charge is -2.11. The van der Waals surface area contributed by atoms with Crippen molar-refractivity contribution in [1.82, 2.24) is 0 Å². The predicted molar refractivity (Wildman–Crippen MR) is 95.2 cm³/mol. The van der Waals surface area contributed by atoms with Crippen LogP contribution in [0.4, 0.5) is 5.69 Å². The first-order valence-electron chi connectivity index (χ1n) is 8.03. The summed E-state index contributed by atoms with van der Waals surface area (Å²) >= 11 is 0. The quantitative estimate of drug-likeness (QED) is 0.784. The number of anilines is 1. The molecule has 122 valence electrons. The third kappa shape index (κ3) is 4.85. The average molecular weight is 311 g/mol. The molecule has 0 atom stereocenters. The number of ether oxygens (including phenoxy) is 1. The highest BCUT2D eigenvalue weighted by molar-refractivity contribution is 5.91. The summed E-state index contributed by atoms with van der Waals surface area (Å²) in [6.45, 7) is 8.72. The van der Waals surface area contributed by atoms with Gasteiger partial charge in [-0.1, -0.05) is 29.8 Å². The first kappa shape index (κ1) is 17.1. The number of hydrogen-bond donors (Lipinski definition) is 1. The van der Waals surface area contributed by atoms with Crippen LogP contribution in [0, 0.1) is 27.7 Å². The van der Waals surface area contributed by atoms with Crippen LogP contribution in [0.1, 0.15) is 35.1 Å². The summed E-state index contributed by atoms with van der Waals surface area (Å²) in [6.07, 6.45) is 1.16. The zero-order valence-corrected chi connectivity index (χ0v) is 14.4. The van der Waals surface area contributed by atoms with Gasteiger partial charge in [0.25, 0.3) is 0 Å². The van der Waals surface area contributed by atoms with Crippen molar-refractivity contribution in [1.29, 1.82) is 0 Å². The number of hydrogen-bond acceptors (Lipinski definition) is 2. The Labute approximate surface area is 138 Å². The van der Waals surface area contributed by atoms with Crippen molar-refractivity contribution in [3.05, 3.63) is 58.7 Å². The highest BCUT2D eigenvalue weighted by Gasteiger charge is 2.06. The van der Waals surface area contributed by atoms with Crippen LogP contribution in [0.5, 0.6) is 5.75 Å². The minimum absolute atomic E-state index is 0.0292. The van der Waals surface area contributed by atoms with E-state index in [9.17, 15) is 4.79 Å². The maximum Gasteiger partial charge on any atom is 0.224 e. The molecule has 3 nitrogen and oxygen atoms in total. The number of carbonyl (C=O) groups excluding carboxylic acids is 1. The maximum absolute atomic E-state index is 12.0. The van der Waals surface area contributed by atoms with Gasteiger partial charge in [-0.25, -0.2) is 0 Å². The van der Waals surface area contributed by atoms with Crippen molar-refractivity contribution in [3.63, 3.8) is 0 Å². The molecule has 1 amide bonds. The summed E-state index contributed by atoms with van der Waals surface area (Å²) in [4.78, 5) is 12.0. The molecule has 23 heavy (non-hydrogen) atoms. The molecule has 0 saturated heterocycles. The summed E-state index contributed by atoms with van der Waals surface area (Å²) in [5.74, 6) is 0.932. The van der Waals surface area contributed by atoms with Crippen molar-refractivity contribution in [2.45, 2.75) is 40.5 Å². The zero-order chi connectivity index (χ0) is 16.8. The Morgan fingerprint density at radius 3 is 2.57 bits per heavy atom. The van der Waals surface area contributed by atoms with Crippen LogP contribution < -0.4 is 10.1 Å². The Morgan fingerprint density at radius 2 is 1.83 bits per heavy atom. The van der Waals surface area contributed by atoms with Gasteiger partial charge >= 0.3 is 0 Å². The number of nitrogens with one attached hydrogen (secondary N) is 1. The molecule has 2 aromatic carbocycles. The highest BCUT2D eigenvalue weighted by atomic mass is 16.5. The topological polar surface area (TPSA) is 38.3 Å². The number of benzene rings is 2. The molecule has 0 spiro atoms. The van der Waals surface area contributed by atoms with E-state index in [1.165, 1.54) is 11.1 Å². The normalized spacial score (nSPS) is 10.4. The lowest BCUT2D eigenvalue weighted by molar-refractivity contribution is -0.116. The van der Waals surface area contributed by atoms with Gasteiger partial charge in [0.2, 0.25) is 5.91 Å². The number of carbonyl (C=O) groups is 1. The Hall–Kier alpha value is -2.29. The van der Waals surface area contributed by atoms with Crippen molar-refractivity contribution < 1.29 is 9.53 Å². The van der Waals surface area contributed by atoms with Crippen LogP contribution in [0.3, 0.4) is 0 Å². The number of rotatable bonds is 6. The Bertz CT molecular complexity index is 692. The third-order valence-electron chi connectivity index (χ3n) is 4.02. The Balaban J connectivity index is 1.78. The monoisotopic (exact) mass is 311 g/mol. The summed E-state index contributed by atoms with van der Waals surface area (Å²) in [5.41, 5.74) is 5.55. The van der Waals surface area contributed by atoms with Crippen LogP contribution in [0.15, 0.2) is 36.4 Å². The van der Waals surface area contributed by atoms with Crippen molar-refractivity contribution in [3.8, 4) is 5.75 Å². The lowest BCUT2D eigenvalue weighted by atomic mass is 10.1. The standard InChI is InChI=1S/C20H25NO2/c1-14-10-11-18(16(3)13-14)21-20(22)9-6-12-23-19-8-5-7-15(2)17(19)4/h5,7-8,10-11,13H,6,9,12H2,1-4H3,(H,21,22). The van der Waals surface area contributed by atoms with E-state index in [1.54, 1.807) is 0 Å². The van der Waals surface area contributed by atoms with Crippen LogP contribution in [0.2, 0.25) is 0 Å². The molecule has 2 aromatic rings. The summed E-state index contributed by atoms with van der Waals surface area (Å²) in [6, 6.07) is 12.1. The zero-order valence-electron chi connectivity index (χ0n) is 14.4. The molecule has 0 aromatic heterocycles. The predicted octanol–water partition coefficient (Wildman–Crippen LogP) is 4.72. The van der Waals surface area contributed by atoms with E-state index >= 15 is 0 Å². The van der Waals surface area contributed by atoms with E-state index in [-0.39, 0.29) is 5.91 Å². The van der Waals surface area contributed by atoms with Gasteiger partial charge in [0.1, 0.15) is 5.75 Å². The average Bonchev–Trinajstić information content (AvgIpc) is 2.50. The van der Waals surface area contributed by atoms with Gasteiger partial charge in [-0.3, -0.25) is 4.79 Å². The molecular weight excluding hydrogens is 286 g/mol. The van der Waals surface area contributed by atoms with E-state index in [0.29, 0.717) is 19.4 Å². The van der Waals surface area contributed by atoms with E-state index in [1.807, 2.05) is 38.1 Å². The molecule has 0 aliphatic heterocycles. The van der Waals surface area contributed by atoms with Crippen LogP contribution in [0.25, 0.3) is 0 Å². The van der Waals surface area contributed by atoms with Gasteiger partial charge in [0.05, 0.1) is 6.61 Å². The third-order valence-corrected chi connectivity index (χ3v) is 4.02. The lowest BCUT2D eigenvalue weighted by Crippen LogP contribution is -2.13. The minimum Gasteiger partial charge on any atom is -0.493 e. The van der Waals surface area contributed by atoms with Crippen molar-refractivity contribution in [2.24, 2.45) is 0 Å². The van der Waals surface area contributed by atoms with Gasteiger partial charge in [-0.15, -0.1) is 0 Å². The fourth-order valence-electron chi connectivity index (χ4n) is 2.46.